The van der Waals surface area contributed by atoms with Crippen molar-refractivity contribution in [2.75, 3.05) is 27.2 Å². The first-order valence-corrected chi connectivity index (χ1v) is 8.69. The van der Waals surface area contributed by atoms with Gasteiger partial charge in [0.2, 0.25) is 11.7 Å². The Morgan fingerprint density at radius 2 is 1.97 bits per heavy atom. The summed E-state index contributed by atoms with van der Waals surface area (Å²) in [6.07, 6.45) is -4.62. The van der Waals surface area contributed by atoms with Crippen LogP contribution in [0, 0.1) is 0 Å². The van der Waals surface area contributed by atoms with Crippen molar-refractivity contribution in [1.29, 1.82) is 0 Å². The highest BCUT2D eigenvalue weighted by atomic mass is 19.4. The van der Waals surface area contributed by atoms with E-state index in [1.54, 1.807) is 28.1 Å². The SMILES string of the molecule is CC1c2nnc(C(F)(F)F)n2CCN1C(=O)c1cc(OCC(=O)N(C)C)n(C)n1. The third kappa shape index (κ3) is 3.89. The highest BCUT2D eigenvalue weighted by Gasteiger charge is 2.42. The Morgan fingerprint density at radius 1 is 1.28 bits per heavy atom. The molecule has 1 aliphatic heterocycles. The molecule has 29 heavy (non-hydrogen) atoms. The number of carbonyl (C=O) groups excluding carboxylic acids is 2. The van der Waals surface area contributed by atoms with Gasteiger partial charge in [0.1, 0.15) is 0 Å². The van der Waals surface area contributed by atoms with Crippen LogP contribution in [0.1, 0.15) is 35.1 Å². The van der Waals surface area contributed by atoms with E-state index in [4.69, 9.17) is 4.74 Å². The molecule has 2 aromatic rings. The van der Waals surface area contributed by atoms with Crippen molar-refractivity contribution in [2.45, 2.75) is 25.7 Å². The minimum Gasteiger partial charge on any atom is -0.468 e. The number of halogens is 3. The predicted molar refractivity (Wildman–Crippen MR) is 91.9 cm³/mol. The minimum absolute atomic E-state index is 0.0417. The Labute approximate surface area is 163 Å². The van der Waals surface area contributed by atoms with Crippen LogP contribution in [0.5, 0.6) is 5.88 Å². The number of fused-ring (bicyclic) bond motifs is 1. The fraction of sp³-hybridized carbons (Fsp3) is 0.562. The molecule has 0 aromatic carbocycles. The van der Waals surface area contributed by atoms with Crippen LogP contribution >= 0.6 is 0 Å². The van der Waals surface area contributed by atoms with Crippen molar-refractivity contribution in [1.82, 2.24) is 34.3 Å². The number of hydrogen-bond acceptors (Lipinski definition) is 6. The lowest BCUT2D eigenvalue weighted by atomic mass is 10.2. The van der Waals surface area contributed by atoms with E-state index in [9.17, 15) is 22.8 Å². The summed E-state index contributed by atoms with van der Waals surface area (Å²) in [6, 6.07) is 0.667. The molecule has 3 rings (SSSR count). The van der Waals surface area contributed by atoms with Gasteiger partial charge in [-0.25, -0.2) is 4.68 Å². The van der Waals surface area contributed by atoms with Crippen LogP contribution in [0.4, 0.5) is 13.2 Å². The van der Waals surface area contributed by atoms with E-state index < -0.39 is 23.9 Å². The average Bonchev–Trinajstić information content (AvgIpc) is 3.23. The van der Waals surface area contributed by atoms with Gasteiger partial charge in [0.05, 0.1) is 6.04 Å². The fourth-order valence-corrected chi connectivity index (χ4v) is 2.97. The van der Waals surface area contributed by atoms with Crippen LogP contribution in [-0.4, -0.2) is 73.4 Å². The van der Waals surface area contributed by atoms with E-state index in [1.165, 1.54) is 20.5 Å². The van der Waals surface area contributed by atoms with Crippen molar-refractivity contribution >= 4 is 11.8 Å². The second-order valence-corrected chi connectivity index (χ2v) is 6.77. The van der Waals surface area contributed by atoms with E-state index in [0.717, 1.165) is 4.57 Å². The molecular weight excluding hydrogens is 395 g/mol. The summed E-state index contributed by atoms with van der Waals surface area (Å²) in [7, 11) is 4.73. The molecule has 0 radical (unpaired) electrons. The molecule has 0 aliphatic carbocycles. The number of carbonyl (C=O) groups is 2. The number of likely N-dealkylation sites (N-methyl/N-ethyl adjacent to an activating group) is 1. The van der Waals surface area contributed by atoms with Crippen molar-refractivity contribution in [2.24, 2.45) is 7.05 Å². The highest BCUT2D eigenvalue weighted by Crippen LogP contribution is 2.33. The summed E-state index contributed by atoms with van der Waals surface area (Å²) in [5.74, 6) is -1.55. The minimum atomic E-state index is -4.62. The molecule has 1 aliphatic rings. The lowest BCUT2D eigenvalue weighted by Gasteiger charge is -2.33. The van der Waals surface area contributed by atoms with Gasteiger partial charge in [-0.3, -0.25) is 9.59 Å². The van der Waals surface area contributed by atoms with Crippen LogP contribution in [0.3, 0.4) is 0 Å². The first-order chi connectivity index (χ1) is 13.5. The number of hydrogen-bond donors (Lipinski definition) is 0. The molecule has 0 N–H and O–H groups in total. The number of amides is 2. The zero-order valence-electron chi connectivity index (χ0n) is 16.3. The molecule has 158 valence electrons. The van der Waals surface area contributed by atoms with E-state index >= 15 is 0 Å². The number of rotatable bonds is 4. The molecule has 1 unspecified atom stereocenters. The zero-order chi connectivity index (χ0) is 21.5. The highest BCUT2D eigenvalue weighted by molar-refractivity contribution is 5.93. The first-order valence-electron chi connectivity index (χ1n) is 8.69. The van der Waals surface area contributed by atoms with Crippen molar-refractivity contribution in [3.63, 3.8) is 0 Å². The fourth-order valence-electron chi connectivity index (χ4n) is 2.97. The second-order valence-electron chi connectivity index (χ2n) is 6.77. The van der Waals surface area contributed by atoms with E-state index in [0.29, 0.717) is 0 Å². The number of ether oxygens (including phenoxy) is 1. The topological polar surface area (TPSA) is 98.4 Å². The molecule has 2 aromatic heterocycles. The van der Waals surface area contributed by atoms with Crippen LogP contribution < -0.4 is 4.74 Å². The standard InChI is InChI=1S/C16H20F3N7O3/c1-9-13-20-21-15(16(17,18)19)26(13)6-5-25(9)14(28)10-7-12(24(4)22-10)29-8-11(27)23(2)3/h7,9H,5-6,8H2,1-4H3. The van der Waals surface area contributed by atoms with Gasteiger partial charge in [-0.2, -0.15) is 18.3 Å². The summed E-state index contributed by atoms with van der Waals surface area (Å²) >= 11 is 0. The van der Waals surface area contributed by atoms with Crippen LogP contribution in [-0.2, 0) is 24.6 Å². The molecule has 3 heterocycles. The molecule has 0 bridgehead atoms. The maximum absolute atomic E-state index is 13.0. The number of aryl methyl sites for hydroxylation is 1. The van der Waals surface area contributed by atoms with E-state index in [1.807, 2.05) is 0 Å². The van der Waals surface area contributed by atoms with Gasteiger partial charge in [-0.15, -0.1) is 10.2 Å². The zero-order valence-corrected chi connectivity index (χ0v) is 16.3. The average molecular weight is 415 g/mol. The lowest BCUT2D eigenvalue weighted by molar-refractivity contribution is -0.148. The largest absolute Gasteiger partial charge is 0.468 e. The Bertz CT molecular complexity index is 935. The lowest BCUT2D eigenvalue weighted by Crippen LogP contribution is -2.42. The molecule has 0 saturated heterocycles. The van der Waals surface area contributed by atoms with Crippen LogP contribution in [0.25, 0.3) is 0 Å². The predicted octanol–water partition coefficient (Wildman–Crippen LogP) is 0.714. The molecule has 2 amide bonds. The number of alkyl halides is 3. The van der Waals surface area contributed by atoms with Crippen molar-refractivity contribution in [3.8, 4) is 5.88 Å². The smallest absolute Gasteiger partial charge is 0.451 e. The van der Waals surface area contributed by atoms with Crippen molar-refractivity contribution in [3.05, 3.63) is 23.4 Å². The quantitative estimate of drug-likeness (QED) is 0.730. The Balaban J connectivity index is 1.77. The Hall–Kier alpha value is -3.12. The molecule has 13 heteroatoms. The van der Waals surface area contributed by atoms with Gasteiger partial charge in [0.15, 0.2) is 18.1 Å². The molecule has 0 spiro atoms. The molecule has 0 fully saturated rings. The Morgan fingerprint density at radius 3 is 2.59 bits per heavy atom. The van der Waals surface area contributed by atoms with Crippen LogP contribution in [0.15, 0.2) is 6.07 Å². The van der Waals surface area contributed by atoms with E-state index in [2.05, 4.69) is 15.3 Å². The monoisotopic (exact) mass is 415 g/mol. The molecule has 10 nitrogen and oxygen atoms in total. The first kappa shape index (κ1) is 20.6. The summed E-state index contributed by atoms with van der Waals surface area (Å²) in [5, 5.41) is 11.0. The number of aromatic nitrogens is 5. The normalized spacial score (nSPS) is 16.5. The summed E-state index contributed by atoms with van der Waals surface area (Å²) in [5.41, 5.74) is 0.0515. The summed E-state index contributed by atoms with van der Waals surface area (Å²) < 4.78 is 46.8. The van der Waals surface area contributed by atoms with Gasteiger partial charge < -0.3 is 19.1 Å². The van der Waals surface area contributed by atoms with Crippen LogP contribution in [0.2, 0.25) is 0 Å². The third-order valence-corrected chi connectivity index (χ3v) is 4.60. The van der Waals surface area contributed by atoms with Gasteiger partial charge in [-0.1, -0.05) is 0 Å². The molecule has 1 atom stereocenters. The third-order valence-electron chi connectivity index (χ3n) is 4.60. The van der Waals surface area contributed by atoms with Crippen molar-refractivity contribution < 1.29 is 27.5 Å². The second kappa shape index (κ2) is 7.37. The van der Waals surface area contributed by atoms with Gasteiger partial charge in [-0.05, 0) is 6.92 Å². The van der Waals surface area contributed by atoms with Gasteiger partial charge in [0, 0.05) is 40.3 Å². The maximum Gasteiger partial charge on any atom is 0.451 e. The summed E-state index contributed by atoms with van der Waals surface area (Å²) in [4.78, 5) is 27.3. The molecule has 0 saturated carbocycles. The Kier molecular flexibility index (Phi) is 5.24. The van der Waals surface area contributed by atoms with Gasteiger partial charge >= 0.3 is 6.18 Å². The number of nitrogens with zero attached hydrogens (tertiary/aromatic N) is 7. The maximum atomic E-state index is 13.0. The van der Waals surface area contributed by atoms with Gasteiger partial charge in [0.25, 0.3) is 11.8 Å². The van der Waals surface area contributed by atoms with E-state index in [-0.39, 0.29) is 43.0 Å². The summed E-state index contributed by atoms with van der Waals surface area (Å²) in [6.45, 7) is 1.32. The molecular formula is C16H20F3N7O3.